The van der Waals surface area contributed by atoms with Gasteiger partial charge in [0.1, 0.15) is 5.75 Å². The van der Waals surface area contributed by atoms with Gasteiger partial charge in [-0.3, -0.25) is 4.79 Å². The standard InChI is InChI=1S/C14H15NO2S/c1-8-5-13(16)9(2)4-12(8)15-14(17)11-7-18-6-10(11)3/h4-7,16H,1-3H3,(H,15,17). The smallest absolute Gasteiger partial charge is 0.256 e. The molecule has 18 heavy (non-hydrogen) atoms. The maximum Gasteiger partial charge on any atom is 0.256 e. The summed E-state index contributed by atoms with van der Waals surface area (Å²) in [5.41, 5.74) is 4.01. The van der Waals surface area contributed by atoms with Gasteiger partial charge >= 0.3 is 0 Å². The topological polar surface area (TPSA) is 49.3 Å². The van der Waals surface area contributed by atoms with Gasteiger partial charge in [-0.2, -0.15) is 11.3 Å². The summed E-state index contributed by atoms with van der Waals surface area (Å²) >= 11 is 1.51. The van der Waals surface area contributed by atoms with Crippen molar-refractivity contribution in [3.8, 4) is 5.75 Å². The Bertz CT molecular complexity index is 602. The van der Waals surface area contributed by atoms with Gasteiger partial charge in [-0.25, -0.2) is 0 Å². The minimum Gasteiger partial charge on any atom is -0.508 e. The molecule has 0 aliphatic rings. The van der Waals surface area contributed by atoms with E-state index in [1.165, 1.54) is 11.3 Å². The molecule has 1 amide bonds. The van der Waals surface area contributed by atoms with Gasteiger partial charge in [0.25, 0.3) is 5.91 Å². The van der Waals surface area contributed by atoms with Gasteiger partial charge in [0.05, 0.1) is 5.56 Å². The predicted molar refractivity (Wildman–Crippen MR) is 74.6 cm³/mol. The van der Waals surface area contributed by atoms with Gasteiger partial charge in [0, 0.05) is 11.1 Å². The molecule has 0 spiro atoms. The molecular weight excluding hydrogens is 246 g/mol. The highest BCUT2D eigenvalue weighted by atomic mass is 32.1. The summed E-state index contributed by atoms with van der Waals surface area (Å²) in [7, 11) is 0. The third-order valence-corrected chi connectivity index (χ3v) is 3.75. The molecule has 3 nitrogen and oxygen atoms in total. The fourth-order valence-corrected chi connectivity index (χ4v) is 2.55. The molecule has 0 saturated heterocycles. The Balaban J connectivity index is 2.28. The summed E-state index contributed by atoms with van der Waals surface area (Å²) < 4.78 is 0. The lowest BCUT2D eigenvalue weighted by atomic mass is 10.1. The summed E-state index contributed by atoms with van der Waals surface area (Å²) in [6, 6.07) is 3.44. The van der Waals surface area contributed by atoms with Crippen LogP contribution in [0.2, 0.25) is 0 Å². The normalized spacial score (nSPS) is 10.4. The van der Waals surface area contributed by atoms with E-state index in [4.69, 9.17) is 0 Å². The maximum atomic E-state index is 12.1. The summed E-state index contributed by atoms with van der Waals surface area (Å²) in [6.45, 7) is 5.58. The molecule has 1 aromatic heterocycles. The molecule has 0 aliphatic carbocycles. The molecule has 1 aromatic carbocycles. The van der Waals surface area contributed by atoms with E-state index < -0.39 is 0 Å². The van der Waals surface area contributed by atoms with Crippen molar-refractivity contribution < 1.29 is 9.90 Å². The van der Waals surface area contributed by atoms with Crippen LogP contribution in [-0.2, 0) is 0 Å². The van der Waals surface area contributed by atoms with Crippen LogP contribution >= 0.6 is 11.3 Å². The zero-order chi connectivity index (χ0) is 13.3. The Kier molecular flexibility index (Phi) is 3.39. The largest absolute Gasteiger partial charge is 0.508 e. The second kappa shape index (κ2) is 4.82. The number of benzene rings is 1. The first-order chi connectivity index (χ1) is 8.49. The molecule has 0 unspecified atom stereocenters. The van der Waals surface area contributed by atoms with Crippen molar-refractivity contribution in [2.24, 2.45) is 0 Å². The predicted octanol–water partition coefficient (Wildman–Crippen LogP) is 3.63. The van der Waals surface area contributed by atoms with Crippen molar-refractivity contribution in [2.75, 3.05) is 5.32 Å². The number of thiophene rings is 1. The van der Waals surface area contributed by atoms with Crippen LogP contribution in [-0.4, -0.2) is 11.0 Å². The molecule has 0 atom stereocenters. The van der Waals surface area contributed by atoms with Gasteiger partial charge in [-0.15, -0.1) is 0 Å². The van der Waals surface area contributed by atoms with Crippen LogP contribution in [0.25, 0.3) is 0 Å². The fraction of sp³-hybridized carbons (Fsp3) is 0.214. The second-order valence-corrected chi connectivity index (χ2v) is 5.12. The third-order valence-electron chi connectivity index (χ3n) is 2.89. The Morgan fingerprint density at radius 3 is 2.44 bits per heavy atom. The van der Waals surface area contributed by atoms with Crippen molar-refractivity contribution in [3.63, 3.8) is 0 Å². The molecule has 4 heteroatoms. The van der Waals surface area contributed by atoms with Crippen LogP contribution in [0.15, 0.2) is 22.9 Å². The molecule has 0 aliphatic heterocycles. The minimum absolute atomic E-state index is 0.109. The van der Waals surface area contributed by atoms with Crippen molar-refractivity contribution in [1.82, 2.24) is 0 Å². The number of carbonyl (C=O) groups excluding carboxylic acids is 1. The summed E-state index contributed by atoms with van der Waals surface area (Å²) in [5, 5.41) is 16.2. The number of phenolic OH excluding ortho intramolecular Hbond substituents is 1. The van der Waals surface area contributed by atoms with Crippen LogP contribution in [0, 0.1) is 20.8 Å². The van der Waals surface area contributed by atoms with Crippen molar-refractivity contribution >= 4 is 22.9 Å². The number of aryl methyl sites for hydroxylation is 3. The van der Waals surface area contributed by atoms with Crippen LogP contribution in [0.4, 0.5) is 5.69 Å². The SMILES string of the molecule is Cc1cc(NC(=O)c2cscc2C)c(C)cc1O. The Labute approximate surface area is 110 Å². The van der Waals surface area contributed by atoms with E-state index >= 15 is 0 Å². The number of anilines is 1. The maximum absolute atomic E-state index is 12.1. The highest BCUT2D eigenvalue weighted by molar-refractivity contribution is 7.08. The molecule has 1 heterocycles. The number of phenols is 1. The Morgan fingerprint density at radius 1 is 1.11 bits per heavy atom. The molecular formula is C14H15NO2S. The Hall–Kier alpha value is -1.81. The molecule has 0 fully saturated rings. The van der Waals surface area contributed by atoms with Gasteiger partial charge < -0.3 is 10.4 Å². The number of rotatable bonds is 2. The van der Waals surface area contributed by atoms with E-state index in [1.807, 2.05) is 24.6 Å². The van der Waals surface area contributed by atoms with Crippen LogP contribution in [0.1, 0.15) is 27.0 Å². The quantitative estimate of drug-likeness (QED) is 0.811. The minimum atomic E-state index is -0.109. The number of carbonyl (C=O) groups is 1. The Morgan fingerprint density at radius 2 is 1.83 bits per heavy atom. The first kappa shape index (κ1) is 12.6. The van der Waals surface area contributed by atoms with E-state index in [2.05, 4.69) is 5.32 Å². The van der Waals surface area contributed by atoms with E-state index in [1.54, 1.807) is 19.1 Å². The molecule has 0 bridgehead atoms. The van der Waals surface area contributed by atoms with E-state index in [-0.39, 0.29) is 11.7 Å². The van der Waals surface area contributed by atoms with Gasteiger partial charge in [0.2, 0.25) is 0 Å². The third kappa shape index (κ3) is 2.38. The monoisotopic (exact) mass is 261 g/mol. The summed E-state index contributed by atoms with van der Waals surface area (Å²) in [5.74, 6) is 0.138. The molecule has 2 aromatic rings. The van der Waals surface area contributed by atoms with Crippen molar-refractivity contribution in [1.29, 1.82) is 0 Å². The first-order valence-corrected chi connectivity index (χ1v) is 6.57. The summed E-state index contributed by atoms with van der Waals surface area (Å²) in [6.07, 6.45) is 0. The van der Waals surface area contributed by atoms with Gasteiger partial charge in [0.15, 0.2) is 0 Å². The lowest BCUT2D eigenvalue weighted by Gasteiger charge is -2.10. The first-order valence-electron chi connectivity index (χ1n) is 5.63. The molecule has 0 radical (unpaired) electrons. The van der Waals surface area contributed by atoms with Crippen LogP contribution < -0.4 is 5.32 Å². The lowest BCUT2D eigenvalue weighted by molar-refractivity contribution is 0.102. The number of nitrogens with one attached hydrogen (secondary N) is 1. The van der Waals surface area contributed by atoms with Crippen LogP contribution in [0.3, 0.4) is 0 Å². The highest BCUT2D eigenvalue weighted by Gasteiger charge is 2.12. The number of aromatic hydroxyl groups is 1. The lowest BCUT2D eigenvalue weighted by Crippen LogP contribution is -2.13. The molecule has 2 N–H and O–H groups in total. The average molecular weight is 261 g/mol. The highest BCUT2D eigenvalue weighted by Crippen LogP contribution is 2.26. The second-order valence-electron chi connectivity index (χ2n) is 4.38. The number of amides is 1. The molecule has 94 valence electrons. The zero-order valence-electron chi connectivity index (χ0n) is 10.6. The average Bonchev–Trinajstić information content (AvgIpc) is 2.72. The van der Waals surface area contributed by atoms with Crippen molar-refractivity contribution in [2.45, 2.75) is 20.8 Å². The fourth-order valence-electron chi connectivity index (χ4n) is 1.72. The molecule has 2 rings (SSSR count). The van der Waals surface area contributed by atoms with Gasteiger partial charge in [-0.05, 0) is 55.0 Å². The zero-order valence-corrected chi connectivity index (χ0v) is 11.4. The van der Waals surface area contributed by atoms with Gasteiger partial charge in [-0.1, -0.05) is 0 Å². The van der Waals surface area contributed by atoms with Crippen molar-refractivity contribution in [3.05, 3.63) is 45.1 Å². The van der Waals surface area contributed by atoms with E-state index in [0.29, 0.717) is 5.56 Å². The molecule has 0 saturated carbocycles. The van der Waals surface area contributed by atoms with E-state index in [0.717, 1.165) is 22.4 Å². The van der Waals surface area contributed by atoms with Crippen LogP contribution in [0.5, 0.6) is 5.75 Å². The summed E-state index contributed by atoms with van der Waals surface area (Å²) in [4.78, 5) is 12.1. The number of hydrogen-bond acceptors (Lipinski definition) is 3. The number of hydrogen-bond donors (Lipinski definition) is 2. The van der Waals surface area contributed by atoms with E-state index in [9.17, 15) is 9.90 Å².